The van der Waals surface area contributed by atoms with E-state index in [1.165, 1.54) is 25.7 Å². The van der Waals surface area contributed by atoms with Gasteiger partial charge in [-0.05, 0) is 0 Å². The quantitative estimate of drug-likeness (QED) is 0.138. The van der Waals surface area contributed by atoms with Crippen LogP contribution in [0.2, 0.25) is 17.7 Å². The summed E-state index contributed by atoms with van der Waals surface area (Å²) < 4.78 is 29.8. The molecule has 0 heterocycles. The number of halogens is 6. The molecule has 25 heavy (non-hydrogen) atoms. The van der Waals surface area contributed by atoms with E-state index in [4.69, 9.17) is 0 Å². The first-order chi connectivity index (χ1) is 9.54. The Morgan fingerprint density at radius 2 is 0.880 bits per heavy atom. The van der Waals surface area contributed by atoms with Crippen molar-refractivity contribution in [3.63, 3.8) is 0 Å². The van der Waals surface area contributed by atoms with Gasteiger partial charge in [0.25, 0.3) is 0 Å². The average Bonchev–Trinajstić information content (AvgIpc) is 2.44. The summed E-state index contributed by atoms with van der Waals surface area (Å²) in [4.78, 5) is 0. The molecule has 1 nitrogen and oxygen atoms in total. The van der Waals surface area contributed by atoms with Crippen molar-refractivity contribution in [2.45, 2.75) is 96.8 Å². The van der Waals surface area contributed by atoms with E-state index < -0.39 is 19.5 Å². The molecule has 0 aromatic rings. The standard InChI is InChI=1S/4C4H9.6FH.H3N.2Sn/c4*1-3-4-2;;;;;;;;;/h4*1,3-4H2,2H3;6*1H;1H3;;/q;;;;;;;;;;;;+2/p-2. The monoisotopic (exact) mass is 603 g/mol. The van der Waals surface area contributed by atoms with E-state index >= 15 is 0 Å². The van der Waals surface area contributed by atoms with Crippen LogP contribution >= 0.6 is 0 Å². The van der Waals surface area contributed by atoms with Crippen molar-refractivity contribution >= 4 is 40.7 Å². The summed E-state index contributed by atoms with van der Waals surface area (Å²) >= 11 is -4.29. The van der Waals surface area contributed by atoms with Crippen LogP contribution in [0.4, 0.5) is 24.6 Å². The first-order valence-corrected chi connectivity index (χ1v) is 18.9. The van der Waals surface area contributed by atoms with E-state index in [-0.39, 0.29) is 55.0 Å². The van der Waals surface area contributed by atoms with E-state index in [1.54, 1.807) is 8.87 Å². The minimum atomic E-state index is -4.44. The Morgan fingerprint density at radius 3 is 1.12 bits per heavy atom. The fraction of sp³-hybridized carbons (Fsp3) is 1.00. The molecule has 0 amide bonds. The van der Waals surface area contributed by atoms with Gasteiger partial charge < -0.3 is 6.15 Å². The van der Waals surface area contributed by atoms with Gasteiger partial charge in [0.15, 0.2) is 0 Å². The molecule has 0 bridgehead atoms. The van der Waals surface area contributed by atoms with Crippen LogP contribution < -0.4 is 6.15 Å². The predicted molar refractivity (Wildman–Crippen MR) is 108 cm³/mol. The van der Waals surface area contributed by atoms with Gasteiger partial charge in [-0.1, -0.05) is 0 Å². The van der Waals surface area contributed by atoms with Gasteiger partial charge >= 0.3 is 143 Å². The van der Waals surface area contributed by atoms with Crippen LogP contribution in [0.3, 0.4) is 0 Å². The number of hydrogen-bond acceptors (Lipinski definition) is 1. The molecule has 3 N–H and O–H groups in total. The molecule has 0 spiro atoms. The molecule has 0 aromatic carbocycles. The van der Waals surface area contributed by atoms with Crippen LogP contribution in [-0.4, -0.2) is 40.7 Å². The Morgan fingerprint density at radius 1 is 0.600 bits per heavy atom. The van der Waals surface area contributed by atoms with Gasteiger partial charge in [-0.25, -0.2) is 0 Å². The number of rotatable bonds is 12. The van der Waals surface area contributed by atoms with E-state index in [9.17, 15) is 5.73 Å². The van der Waals surface area contributed by atoms with Crippen molar-refractivity contribution in [2.75, 3.05) is 0 Å². The summed E-state index contributed by atoms with van der Waals surface area (Å²) in [5.74, 6) is 0. The molecule has 162 valence electrons. The second-order valence-corrected chi connectivity index (χ2v) is 17.5. The van der Waals surface area contributed by atoms with E-state index in [2.05, 4.69) is 13.8 Å². The van der Waals surface area contributed by atoms with Crippen LogP contribution in [0.5, 0.6) is 0 Å². The van der Waals surface area contributed by atoms with Gasteiger partial charge in [0.2, 0.25) is 0 Å². The topological polar surface area (TPSA) is 35.0 Å². The molecule has 0 atom stereocenters. The summed E-state index contributed by atoms with van der Waals surface area (Å²) in [6.07, 6.45) is 9.16. The molecule has 0 saturated heterocycles. The normalized spacial score (nSPS) is 8.88. The SMILES string of the molecule is CCC[CH2][Sn]([F])([F])[CH2]CCC.CCC[CH2][Sn][CH2]CCC.F.F.F.F.N. The zero-order chi connectivity index (χ0) is 15.7. The fourth-order valence-corrected chi connectivity index (χ4v) is 11.6. The molecule has 0 fully saturated rings. The Balaban J connectivity index is -0.0000000437. The molecule has 0 aliphatic carbocycles. The smallest absolute Gasteiger partial charge is 0.269 e. The molecular weight excluding hydrogens is 558 g/mol. The third-order valence-corrected chi connectivity index (χ3v) is 13.4. The third-order valence-electron chi connectivity index (χ3n) is 3.21. The molecule has 0 aliphatic heterocycles. The second-order valence-electron chi connectivity index (χ2n) is 5.52. The van der Waals surface area contributed by atoms with Crippen LogP contribution in [0.25, 0.3) is 0 Å². The minimum absolute atomic E-state index is 0. The maximum atomic E-state index is 13.0. The molecule has 0 aromatic heterocycles. The van der Waals surface area contributed by atoms with E-state index in [0.29, 0.717) is 0 Å². The van der Waals surface area contributed by atoms with Crippen molar-refractivity contribution in [3.8, 4) is 0 Å². The summed E-state index contributed by atoms with van der Waals surface area (Å²) in [6, 6.07) is 0. The van der Waals surface area contributed by atoms with Gasteiger partial charge in [0.1, 0.15) is 0 Å². The first-order valence-electron chi connectivity index (χ1n) is 8.62. The maximum absolute atomic E-state index is 13.0. The Kier molecular flexibility index (Phi) is 65.1. The van der Waals surface area contributed by atoms with Gasteiger partial charge in [-0.3, -0.25) is 18.8 Å². The first kappa shape index (κ1) is 45.1. The molecular formula is C16H43F6NSn2. The third kappa shape index (κ3) is 45.8. The molecule has 9 heteroatoms. The van der Waals surface area contributed by atoms with Crippen LogP contribution in [0.15, 0.2) is 0 Å². The Labute approximate surface area is 167 Å². The summed E-state index contributed by atoms with van der Waals surface area (Å²) in [5.41, 5.74) is 0. The molecule has 0 aliphatic rings. The molecule has 0 unspecified atom stereocenters. The van der Waals surface area contributed by atoms with Gasteiger partial charge in [-0.2, -0.15) is 0 Å². The van der Waals surface area contributed by atoms with Gasteiger partial charge in [-0.15, -0.1) is 0 Å². The largest absolute Gasteiger partial charge is 0.344 e. The zero-order valence-corrected chi connectivity index (χ0v) is 22.3. The maximum Gasteiger partial charge on any atom is -0.269 e. The number of unbranched alkanes of at least 4 members (excludes halogenated alkanes) is 4. The minimum Gasteiger partial charge on any atom is -0.344 e. The molecule has 0 saturated carbocycles. The zero-order valence-electron chi connectivity index (χ0n) is 16.6. The molecule has 2 radical (unpaired) electrons. The predicted octanol–water partition coefficient (Wildman–Crippen LogP) is 7.87. The van der Waals surface area contributed by atoms with Gasteiger partial charge in [0, 0.05) is 0 Å². The fourth-order valence-electron chi connectivity index (χ4n) is 1.72. The van der Waals surface area contributed by atoms with Crippen molar-refractivity contribution in [2.24, 2.45) is 0 Å². The molecule has 0 rings (SSSR count). The van der Waals surface area contributed by atoms with Gasteiger partial charge in [0.05, 0.1) is 0 Å². The second kappa shape index (κ2) is 36.1. The summed E-state index contributed by atoms with van der Waals surface area (Å²) in [6.45, 7) is 8.53. The summed E-state index contributed by atoms with van der Waals surface area (Å²) in [5, 5.41) is 0. The summed E-state index contributed by atoms with van der Waals surface area (Å²) in [7, 11) is 0. The average molecular weight is 601 g/mol. The number of hydrogen-bond donors (Lipinski definition) is 1. The van der Waals surface area contributed by atoms with Crippen LogP contribution in [0.1, 0.15) is 79.1 Å². The Hall–Kier alpha value is 1.14. The van der Waals surface area contributed by atoms with Crippen molar-refractivity contribution in [3.05, 3.63) is 0 Å². The van der Waals surface area contributed by atoms with E-state index in [1.807, 2.05) is 13.8 Å². The Bertz CT molecular complexity index is 176. The van der Waals surface area contributed by atoms with Crippen molar-refractivity contribution in [1.82, 2.24) is 6.15 Å². The van der Waals surface area contributed by atoms with E-state index in [0.717, 1.165) is 25.7 Å². The van der Waals surface area contributed by atoms with Crippen LogP contribution in [0, 0.1) is 0 Å². The van der Waals surface area contributed by atoms with Crippen molar-refractivity contribution in [1.29, 1.82) is 0 Å². The van der Waals surface area contributed by atoms with Crippen molar-refractivity contribution < 1.29 is 24.6 Å². The van der Waals surface area contributed by atoms with Crippen LogP contribution in [-0.2, 0) is 0 Å².